The minimum Gasteiger partial charge on any atom is -0.455 e. The van der Waals surface area contributed by atoms with Crippen LogP contribution >= 0.6 is 27.5 Å². The van der Waals surface area contributed by atoms with Crippen LogP contribution < -0.4 is 5.73 Å². The lowest BCUT2D eigenvalue weighted by molar-refractivity contribution is 0.0991. The number of imidazole rings is 1. The van der Waals surface area contributed by atoms with Crippen LogP contribution in [0.25, 0.3) is 33.7 Å². The van der Waals surface area contributed by atoms with Crippen LogP contribution in [-0.4, -0.2) is 35.7 Å². The van der Waals surface area contributed by atoms with Gasteiger partial charge in [-0.2, -0.15) is 0 Å². The van der Waals surface area contributed by atoms with Gasteiger partial charge in [-0.05, 0) is 62.0 Å². The van der Waals surface area contributed by atoms with E-state index in [9.17, 15) is 4.79 Å². The van der Waals surface area contributed by atoms with Gasteiger partial charge >= 0.3 is 0 Å². The molecule has 8 rings (SSSR count). The predicted octanol–water partition coefficient (Wildman–Crippen LogP) is 9.70. The molecule has 1 amide bonds. The van der Waals surface area contributed by atoms with Gasteiger partial charge in [0.05, 0.1) is 4.47 Å². The number of unbranched alkanes of at least 4 members (excludes halogenated alkanes) is 1. The van der Waals surface area contributed by atoms with E-state index in [4.69, 9.17) is 37.2 Å². The van der Waals surface area contributed by atoms with Crippen LogP contribution in [0.1, 0.15) is 58.3 Å². The lowest BCUT2D eigenvalue weighted by Crippen LogP contribution is -2.39. The van der Waals surface area contributed by atoms with Crippen molar-refractivity contribution < 1.29 is 9.21 Å². The lowest BCUT2D eigenvalue weighted by atomic mass is 9.77. The molecule has 11 heteroatoms. The molecular formula is C43H35BrClN7O2. The first-order valence-electron chi connectivity index (χ1n) is 17.7. The first-order valence-corrected chi connectivity index (χ1v) is 18.9. The zero-order valence-corrected chi connectivity index (χ0v) is 31.7. The van der Waals surface area contributed by atoms with Gasteiger partial charge in [0.2, 0.25) is 5.82 Å². The van der Waals surface area contributed by atoms with Crippen molar-refractivity contribution in [1.29, 1.82) is 0 Å². The molecule has 0 saturated heterocycles. The van der Waals surface area contributed by atoms with Gasteiger partial charge in [0.1, 0.15) is 22.9 Å². The van der Waals surface area contributed by atoms with Gasteiger partial charge in [0, 0.05) is 29.5 Å². The lowest BCUT2D eigenvalue weighted by Gasteiger charge is -2.34. The van der Waals surface area contributed by atoms with Crippen molar-refractivity contribution in [2.45, 2.75) is 38.3 Å². The molecule has 0 aliphatic heterocycles. The summed E-state index contributed by atoms with van der Waals surface area (Å²) in [7, 11) is 0. The number of rotatable bonds is 12. The number of tetrazole rings is 1. The van der Waals surface area contributed by atoms with Gasteiger partial charge in [-0.25, -0.2) is 4.98 Å². The Morgan fingerprint density at radius 2 is 1.43 bits per heavy atom. The molecule has 2 N–H and O–H groups in total. The zero-order valence-electron chi connectivity index (χ0n) is 29.4. The van der Waals surface area contributed by atoms with E-state index in [2.05, 4.69) is 64.2 Å². The maximum Gasteiger partial charge on any atom is 0.268 e. The van der Waals surface area contributed by atoms with Gasteiger partial charge in [0.25, 0.3) is 5.91 Å². The fourth-order valence-corrected chi connectivity index (χ4v) is 8.09. The molecule has 0 bridgehead atoms. The Bertz CT molecular complexity index is 2490. The largest absolute Gasteiger partial charge is 0.455 e. The molecule has 0 radical (unpaired) electrons. The van der Waals surface area contributed by atoms with E-state index in [1.54, 1.807) is 4.80 Å². The summed E-state index contributed by atoms with van der Waals surface area (Å²) >= 11 is 10.3. The van der Waals surface area contributed by atoms with E-state index in [1.165, 1.54) is 0 Å². The van der Waals surface area contributed by atoms with Crippen LogP contribution in [-0.2, 0) is 18.5 Å². The second-order valence-electron chi connectivity index (χ2n) is 13.1. The molecule has 0 aliphatic rings. The Labute approximate surface area is 325 Å². The van der Waals surface area contributed by atoms with E-state index in [-0.39, 0.29) is 10.8 Å². The van der Waals surface area contributed by atoms with Crippen molar-refractivity contribution in [3.63, 3.8) is 0 Å². The maximum atomic E-state index is 12.4. The fraction of sp³-hybridized carbons (Fsp3) is 0.140. The summed E-state index contributed by atoms with van der Waals surface area (Å²) < 4.78 is 9.13. The summed E-state index contributed by atoms with van der Waals surface area (Å²) in [6, 6.07) is 44.6. The number of furan rings is 1. The van der Waals surface area contributed by atoms with Crippen molar-refractivity contribution in [1.82, 2.24) is 29.8 Å². The Balaban J connectivity index is 1.22. The molecule has 54 heavy (non-hydrogen) atoms. The number of amides is 1. The summed E-state index contributed by atoms with van der Waals surface area (Å²) in [5, 5.41) is 15.6. The van der Waals surface area contributed by atoms with Gasteiger partial charge < -0.3 is 14.7 Å². The van der Waals surface area contributed by atoms with Gasteiger partial charge in [-0.15, -0.1) is 15.0 Å². The molecule has 268 valence electrons. The predicted molar refractivity (Wildman–Crippen MR) is 214 cm³/mol. The standard InChI is InChI=1S/C43H35BrClN7O2/c1-2-3-23-36-47-40(45)38(41(46)53)51(36)27-28-24-25-35-34(26-28)37(44)39(54-35)32-21-13-14-22-33(32)42-48-50-52(49-42)43(29-15-7-4-8-16-29,30-17-9-5-10-18-30)31-19-11-6-12-20-31/h4-22,24-26H,2-3,23,27H2,1H3,(H2,46,53). The number of hydrogen-bond donors (Lipinski definition) is 1. The van der Waals surface area contributed by atoms with Crippen LogP contribution in [0.5, 0.6) is 0 Å². The number of fused-ring (bicyclic) bond motifs is 1. The van der Waals surface area contributed by atoms with Crippen molar-refractivity contribution in [3.05, 3.63) is 177 Å². The number of primary amides is 1. The third-order valence-corrected chi connectivity index (χ3v) is 10.8. The Morgan fingerprint density at radius 3 is 2.02 bits per heavy atom. The van der Waals surface area contributed by atoms with Gasteiger partial charge in [0.15, 0.2) is 10.7 Å². The monoisotopic (exact) mass is 795 g/mol. The number of nitrogens with zero attached hydrogens (tertiary/aromatic N) is 6. The topological polar surface area (TPSA) is 118 Å². The average molecular weight is 797 g/mol. The summed E-state index contributed by atoms with van der Waals surface area (Å²) in [5.74, 6) is 1.19. The molecular weight excluding hydrogens is 762 g/mol. The molecule has 0 spiro atoms. The molecule has 9 nitrogen and oxygen atoms in total. The molecule has 0 aliphatic carbocycles. The number of nitrogens with two attached hydrogens (primary N) is 1. The molecule has 3 aromatic heterocycles. The van der Waals surface area contributed by atoms with Gasteiger partial charge in [-0.3, -0.25) is 4.79 Å². The van der Waals surface area contributed by atoms with Crippen molar-refractivity contribution in [3.8, 4) is 22.7 Å². The minimum atomic E-state index is -0.912. The highest BCUT2D eigenvalue weighted by molar-refractivity contribution is 9.10. The van der Waals surface area contributed by atoms with Crippen LogP contribution in [0, 0.1) is 0 Å². The highest BCUT2D eigenvalue weighted by atomic mass is 79.9. The van der Waals surface area contributed by atoms with E-state index >= 15 is 0 Å². The van der Waals surface area contributed by atoms with E-state index in [0.717, 1.165) is 61.9 Å². The first kappa shape index (κ1) is 35.2. The third kappa shape index (κ3) is 6.21. The number of hydrogen-bond acceptors (Lipinski definition) is 6. The molecule has 8 aromatic rings. The van der Waals surface area contributed by atoms with Crippen molar-refractivity contribution >= 4 is 44.4 Å². The number of aromatic nitrogens is 6. The summed E-state index contributed by atoms with van der Waals surface area (Å²) in [4.78, 5) is 18.6. The number of halogens is 2. The number of carbonyl (C=O) groups is 1. The molecule has 3 heterocycles. The third-order valence-electron chi connectivity index (χ3n) is 9.72. The van der Waals surface area contributed by atoms with Crippen LogP contribution in [0.4, 0.5) is 0 Å². The number of aryl methyl sites for hydroxylation is 1. The fourth-order valence-electron chi connectivity index (χ4n) is 7.19. The van der Waals surface area contributed by atoms with E-state index in [0.29, 0.717) is 30.1 Å². The Hall–Kier alpha value is -5.84. The van der Waals surface area contributed by atoms with Crippen LogP contribution in [0.2, 0.25) is 5.15 Å². The van der Waals surface area contributed by atoms with Crippen molar-refractivity contribution in [2.24, 2.45) is 5.73 Å². The van der Waals surface area contributed by atoms with E-state index < -0.39 is 11.4 Å². The number of benzene rings is 5. The van der Waals surface area contributed by atoms with Crippen LogP contribution in [0.3, 0.4) is 0 Å². The Kier molecular flexibility index (Phi) is 9.70. The van der Waals surface area contributed by atoms with E-state index in [1.807, 2.05) is 102 Å². The molecule has 0 atom stereocenters. The maximum absolute atomic E-state index is 12.4. The second kappa shape index (κ2) is 14.9. The SMILES string of the molecule is CCCCc1nc(Cl)c(C(N)=O)n1Cc1ccc2oc(-c3ccccc3-c3nnn(C(c4ccccc4)(c4ccccc4)c4ccccc4)n3)c(Br)c2c1. The van der Waals surface area contributed by atoms with Gasteiger partial charge in [-0.1, -0.05) is 146 Å². The summed E-state index contributed by atoms with van der Waals surface area (Å²) in [6.45, 7) is 2.48. The first-order chi connectivity index (χ1) is 26.4. The zero-order chi connectivity index (χ0) is 37.2. The molecule has 0 unspecified atom stereocenters. The molecule has 5 aromatic carbocycles. The Morgan fingerprint density at radius 1 is 0.833 bits per heavy atom. The minimum absolute atomic E-state index is 0.122. The quantitative estimate of drug-likeness (QED) is 0.123. The highest BCUT2D eigenvalue weighted by Crippen LogP contribution is 2.43. The normalized spacial score (nSPS) is 11.7. The molecule has 0 saturated carbocycles. The average Bonchev–Trinajstić information content (AvgIpc) is 3.91. The van der Waals surface area contributed by atoms with Crippen molar-refractivity contribution in [2.75, 3.05) is 0 Å². The smallest absolute Gasteiger partial charge is 0.268 e. The summed E-state index contributed by atoms with van der Waals surface area (Å²) in [6.07, 6.45) is 2.58. The highest BCUT2D eigenvalue weighted by Gasteiger charge is 2.41. The summed E-state index contributed by atoms with van der Waals surface area (Å²) in [5.41, 5.74) is 11.2. The van der Waals surface area contributed by atoms with Crippen LogP contribution in [0.15, 0.2) is 142 Å². The second-order valence-corrected chi connectivity index (χ2v) is 14.2. The number of carbonyl (C=O) groups excluding carboxylic acids is 1. The molecule has 0 fully saturated rings.